The lowest BCUT2D eigenvalue weighted by Gasteiger charge is -2.23. The number of aromatic amines is 1. The van der Waals surface area contributed by atoms with Gasteiger partial charge in [-0.3, -0.25) is 0 Å². The van der Waals surface area contributed by atoms with Gasteiger partial charge in [0.1, 0.15) is 11.9 Å². The fraction of sp³-hybridized carbons (Fsp3) is 0.583. The number of amides is 2. The van der Waals surface area contributed by atoms with Crippen LogP contribution in [0, 0.1) is 0 Å². The highest BCUT2D eigenvalue weighted by Gasteiger charge is 2.24. The number of hydrogen-bond acceptors (Lipinski definition) is 3. The summed E-state index contributed by atoms with van der Waals surface area (Å²) in [6.07, 6.45) is 5.30. The summed E-state index contributed by atoms with van der Waals surface area (Å²) in [7, 11) is 1.49. The lowest BCUT2D eigenvalue weighted by molar-refractivity contribution is -0.141. The summed E-state index contributed by atoms with van der Waals surface area (Å²) in [5, 5.41) is 11.7. The molecule has 1 heterocycles. The highest BCUT2D eigenvalue weighted by atomic mass is 16.4. The molecule has 1 aromatic heterocycles. The third-order valence-electron chi connectivity index (χ3n) is 2.88. The van der Waals surface area contributed by atoms with Crippen LogP contribution in [0.2, 0.25) is 0 Å². The van der Waals surface area contributed by atoms with Crippen molar-refractivity contribution < 1.29 is 14.7 Å². The maximum absolute atomic E-state index is 11.7. The Labute approximate surface area is 112 Å². The number of carbonyl (C=O) groups excluding carboxylic acids is 1. The smallest absolute Gasteiger partial charge is 0.326 e. The third-order valence-corrected chi connectivity index (χ3v) is 2.88. The van der Waals surface area contributed by atoms with Gasteiger partial charge < -0.3 is 20.3 Å². The molecule has 0 bridgehead atoms. The summed E-state index contributed by atoms with van der Waals surface area (Å²) >= 11 is 0. The largest absolute Gasteiger partial charge is 0.480 e. The molecule has 7 nitrogen and oxygen atoms in total. The molecule has 0 saturated carbocycles. The first-order chi connectivity index (χ1) is 9.06. The number of aromatic nitrogens is 2. The van der Waals surface area contributed by atoms with E-state index in [2.05, 4.69) is 15.3 Å². The molecule has 0 aliphatic heterocycles. The molecule has 1 atom stereocenters. The van der Waals surface area contributed by atoms with E-state index in [-0.39, 0.29) is 6.03 Å². The van der Waals surface area contributed by atoms with Gasteiger partial charge in [0.15, 0.2) is 0 Å². The number of H-pyrrole nitrogens is 1. The van der Waals surface area contributed by atoms with Gasteiger partial charge in [-0.05, 0) is 12.8 Å². The SMILES string of the molecule is CCC(C(=O)O)N(C)C(=O)NCCCc1ncc[nH]1. The summed E-state index contributed by atoms with van der Waals surface area (Å²) in [5.74, 6) is -0.115. The van der Waals surface area contributed by atoms with E-state index in [9.17, 15) is 9.59 Å². The first-order valence-electron chi connectivity index (χ1n) is 6.28. The van der Waals surface area contributed by atoms with Crippen molar-refractivity contribution in [2.75, 3.05) is 13.6 Å². The van der Waals surface area contributed by atoms with Crippen LogP contribution < -0.4 is 5.32 Å². The van der Waals surface area contributed by atoms with E-state index >= 15 is 0 Å². The van der Waals surface area contributed by atoms with Gasteiger partial charge in [0.05, 0.1) is 0 Å². The number of hydrogen-bond donors (Lipinski definition) is 3. The number of imidazole rings is 1. The fourth-order valence-electron chi connectivity index (χ4n) is 1.77. The minimum Gasteiger partial charge on any atom is -0.480 e. The van der Waals surface area contributed by atoms with Crippen molar-refractivity contribution in [2.24, 2.45) is 0 Å². The zero-order valence-electron chi connectivity index (χ0n) is 11.2. The van der Waals surface area contributed by atoms with Gasteiger partial charge in [-0.2, -0.15) is 0 Å². The Balaban J connectivity index is 2.28. The number of likely N-dealkylation sites (N-methyl/N-ethyl adjacent to an activating group) is 1. The van der Waals surface area contributed by atoms with Crippen molar-refractivity contribution in [3.8, 4) is 0 Å². The molecule has 0 aliphatic rings. The Morgan fingerprint density at radius 2 is 2.32 bits per heavy atom. The minimum absolute atomic E-state index is 0.367. The monoisotopic (exact) mass is 268 g/mol. The average Bonchev–Trinajstić information content (AvgIpc) is 2.87. The lowest BCUT2D eigenvalue weighted by Crippen LogP contribution is -2.47. The second kappa shape index (κ2) is 7.40. The molecule has 1 aromatic rings. The van der Waals surface area contributed by atoms with E-state index in [0.29, 0.717) is 13.0 Å². The highest BCUT2D eigenvalue weighted by molar-refractivity contribution is 5.82. The average molecular weight is 268 g/mol. The van der Waals surface area contributed by atoms with Crippen LogP contribution in [0.15, 0.2) is 12.4 Å². The second-order valence-electron chi connectivity index (χ2n) is 4.24. The van der Waals surface area contributed by atoms with E-state index in [1.807, 2.05) is 0 Å². The molecule has 2 amide bonds. The van der Waals surface area contributed by atoms with Crippen LogP contribution in [0.3, 0.4) is 0 Å². The Kier molecular flexibility index (Phi) is 5.84. The van der Waals surface area contributed by atoms with Crippen molar-refractivity contribution in [1.82, 2.24) is 20.2 Å². The van der Waals surface area contributed by atoms with E-state index in [4.69, 9.17) is 5.11 Å². The Morgan fingerprint density at radius 1 is 1.58 bits per heavy atom. The molecule has 0 aliphatic carbocycles. The van der Waals surface area contributed by atoms with Crippen LogP contribution in [0.25, 0.3) is 0 Å². The Hall–Kier alpha value is -2.05. The van der Waals surface area contributed by atoms with Crippen molar-refractivity contribution in [2.45, 2.75) is 32.2 Å². The number of rotatable bonds is 7. The normalized spacial score (nSPS) is 11.9. The maximum Gasteiger partial charge on any atom is 0.326 e. The highest BCUT2D eigenvalue weighted by Crippen LogP contribution is 2.02. The van der Waals surface area contributed by atoms with E-state index < -0.39 is 12.0 Å². The van der Waals surface area contributed by atoms with E-state index in [0.717, 1.165) is 18.7 Å². The van der Waals surface area contributed by atoms with Crippen LogP contribution in [0.4, 0.5) is 4.79 Å². The van der Waals surface area contributed by atoms with E-state index in [1.165, 1.54) is 11.9 Å². The first-order valence-corrected chi connectivity index (χ1v) is 6.28. The summed E-state index contributed by atoms with van der Waals surface area (Å²) in [4.78, 5) is 30.9. The van der Waals surface area contributed by atoms with Crippen LogP contribution in [-0.2, 0) is 11.2 Å². The van der Waals surface area contributed by atoms with Crippen LogP contribution in [-0.4, -0.2) is 51.6 Å². The van der Waals surface area contributed by atoms with Gasteiger partial charge in [0, 0.05) is 32.4 Å². The number of carboxylic acid groups (broad SMARTS) is 1. The Morgan fingerprint density at radius 3 is 2.84 bits per heavy atom. The zero-order valence-corrected chi connectivity index (χ0v) is 11.2. The standard InChI is InChI=1S/C12H20N4O3/c1-3-9(11(17)18)16(2)12(19)15-6-4-5-10-13-7-8-14-10/h7-9H,3-6H2,1-2H3,(H,13,14)(H,15,19)(H,17,18). The predicted molar refractivity (Wildman–Crippen MR) is 69.8 cm³/mol. The molecule has 0 radical (unpaired) electrons. The van der Waals surface area contributed by atoms with Gasteiger partial charge in [0.2, 0.25) is 0 Å². The fourth-order valence-corrected chi connectivity index (χ4v) is 1.77. The predicted octanol–water partition coefficient (Wildman–Crippen LogP) is 0.847. The number of nitrogens with one attached hydrogen (secondary N) is 2. The minimum atomic E-state index is -0.990. The molecule has 0 spiro atoms. The number of carboxylic acids is 1. The van der Waals surface area contributed by atoms with Crippen molar-refractivity contribution in [1.29, 1.82) is 0 Å². The van der Waals surface area contributed by atoms with Gasteiger partial charge in [0.25, 0.3) is 0 Å². The maximum atomic E-state index is 11.7. The van der Waals surface area contributed by atoms with Crippen LogP contribution >= 0.6 is 0 Å². The summed E-state index contributed by atoms with van der Waals surface area (Å²) in [5.41, 5.74) is 0. The van der Waals surface area contributed by atoms with Gasteiger partial charge in [-0.15, -0.1) is 0 Å². The van der Waals surface area contributed by atoms with Crippen LogP contribution in [0.5, 0.6) is 0 Å². The molecular weight excluding hydrogens is 248 g/mol. The zero-order chi connectivity index (χ0) is 14.3. The molecule has 106 valence electrons. The van der Waals surface area contributed by atoms with Crippen LogP contribution in [0.1, 0.15) is 25.6 Å². The molecule has 1 unspecified atom stereocenters. The molecule has 7 heteroatoms. The molecule has 19 heavy (non-hydrogen) atoms. The van der Waals surface area contributed by atoms with Crippen molar-refractivity contribution in [3.05, 3.63) is 18.2 Å². The van der Waals surface area contributed by atoms with Crippen molar-refractivity contribution >= 4 is 12.0 Å². The number of aliphatic carboxylic acids is 1. The second-order valence-corrected chi connectivity index (χ2v) is 4.24. The molecule has 1 rings (SSSR count). The van der Waals surface area contributed by atoms with Crippen molar-refractivity contribution in [3.63, 3.8) is 0 Å². The summed E-state index contributed by atoms with van der Waals surface area (Å²) in [6, 6.07) is -1.15. The lowest BCUT2D eigenvalue weighted by atomic mass is 10.2. The Bertz CT molecular complexity index is 405. The molecular formula is C12H20N4O3. The number of aryl methyl sites for hydroxylation is 1. The molecule has 0 saturated heterocycles. The molecule has 0 fully saturated rings. The van der Waals surface area contributed by atoms with Gasteiger partial charge >= 0.3 is 12.0 Å². The third kappa shape index (κ3) is 4.61. The topological polar surface area (TPSA) is 98.3 Å². The quantitative estimate of drug-likeness (QED) is 0.638. The molecule has 0 aromatic carbocycles. The molecule has 3 N–H and O–H groups in total. The number of urea groups is 1. The van der Waals surface area contributed by atoms with Gasteiger partial charge in [-0.25, -0.2) is 14.6 Å². The summed E-state index contributed by atoms with van der Waals surface area (Å²) < 4.78 is 0. The first kappa shape index (κ1) is 15.0. The van der Waals surface area contributed by atoms with E-state index in [1.54, 1.807) is 19.3 Å². The summed E-state index contributed by atoms with van der Waals surface area (Å²) in [6.45, 7) is 2.22. The number of nitrogens with zero attached hydrogens (tertiary/aromatic N) is 2. The van der Waals surface area contributed by atoms with Gasteiger partial charge in [-0.1, -0.05) is 6.92 Å². The number of carbonyl (C=O) groups is 2.